The van der Waals surface area contributed by atoms with Gasteiger partial charge in [0.05, 0.1) is 10.6 Å². The normalized spacial score (nSPS) is 15.8. The number of carbonyl (C=O) groups excluding carboxylic acids is 1. The SMILES string of the molecule is C[C@@H]1Cc2cc(S(=O)(=O)Nc3cccc(F)c3)ccc2N1C(=O)c1ccccc1. The molecule has 0 fully saturated rings. The average Bonchev–Trinajstić information content (AvgIpc) is 3.02. The minimum absolute atomic E-state index is 0.0710. The molecule has 5 nitrogen and oxygen atoms in total. The third kappa shape index (κ3) is 3.73. The van der Waals surface area contributed by atoms with Gasteiger partial charge < -0.3 is 4.90 Å². The predicted octanol–water partition coefficient (Wildman–Crippen LogP) is 4.22. The minimum atomic E-state index is -3.88. The van der Waals surface area contributed by atoms with Gasteiger partial charge in [0, 0.05) is 17.3 Å². The number of sulfonamides is 1. The number of amides is 1. The van der Waals surface area contributed by atoms with Crippen LogP contribution in [-0.2, 0) is 16.4 Å². The molecule has 0 spiro atoms. The molecule has 0 radical (unpaired) electrons. The van der Waals surface area contributed by atoms with E-state index in [-0.39, 0.29) is 22.5 Å². The Labute approximate surface area is 168 Å². The number of nitrogens with one attached hydrogen (secondary N) is 1. The van der Waals surface area contributed by atoms with Crippen molar-refractivity contribution in [3.8, 4) is 0 Å². The number of fused-ring (bicyclic) bond motifs is 1. The van der Waals surface area contributed by atoms with Gasteiger partial charge in [-0.2, -0.15) is 0 Å². The van der Waals surface area contributed by atoms with E-state index in [1.54, 1.807) is 29.2 Å². The van der Waals surface area contributed by atoms with Crippen molar-refractivity contribution in [2.75, 3.05) is 9.62 Å². The topological polar surface area (TPSA) is 66.5 Å². The van der Waals surface area contributed by atoms with Gasteiger partial charge >= 0.3 is 0 Å². The summed E-state index contributed by atoms with van der Waals surface area (Å²) in [7, 11) is -3.88. The molecular weight excluding hydrogens is 391 g/mol. The summed E-state index contributed by atoms with van der Waals surface area (Å²) in [4.78, 5) is 14.7. The van der Waals surface area contributed by atoms with Gasteiger partial charge in [0.2, 0.25) is 0 Å². The summed E-state index contributed by atoms with van der Waals surface area (Å²) in [6, 6.07) is 18.9. The zero-order valence-corrected chi connectivity index (χ0v) is 16.5. The lowest BCUT2D eigenvalue weighted by Gasteiger charge is -2.23. The van der Waals surface area contributed by atoms with Crippen LogP contribution in [0.15, 0.2) is 77.7 Å². The van der Waals surface area contributed by atoms with E-state index in [2.05, 4.69) is 4.72 Å². The van der Waals surface area contributed by atoms with Crippen molar-refractivity contribution in [1.82, 2.24) is 0 Å². The van der Waals surface area contributed by atoms with Gasteiger partial charge in [0.1, 0.15) is 5.82 Å². The summed E-state index contributed by atoms with van der Waals surface area (Å²) in [5, 5.41) is 0. The fourth-order valence-electron chi connectivity index (χ4n) is 3.57. The molecule has 4 rings (SSSR count). The maximum absolute atomic E-state index is 13.4. The zero-order valence-electron chi connectivity index (χ0n) is 15.7. The molecule has 7 heteroatoms. The Bertz CT molecular complexity index is 1180. The molecule has 1 aliphatic rings. The van der Waals surface area contributed by atoms with E-state index in [1.165, 1.54) is 24.3 Å². The molecule has 3 aromatic carbocycles. The molecule has 0 saturated heterocycles. The van der Waals surface area contributed by atoms with E-state index in [9.17, 15) is 17.6 Å². The first-order valence-electron chi connectivity index (χ1n) is 9.15. The van der Waals surface area contributed by atoms with Crippen molar-refractivity contribution < 1.29 is 17.6 Å². The largest absolute Gasteiger partial charge is 0.305 e. The maximum Gasteiger partial charge on any atom is 0.261 e. The Morgan fingerprint density at radius 3 is 2.52 bits per heavy atom. The number of hydrogen-bond donors (Lipinski definition) is 1. The van der Waals surface area contributed by atoms with Crippen molar-refractivity contribution >= 4 is 27.3 Å². The number of rotatable bonds is 4. The second kappa shape index (κ2) is 7.33. The maximum atomic E-state index is 13.4. The highest BCUT2D eigenvalue weighted by Crippen LogP contribution is 2.35. The summed E-state index contributed by atoms with van der Waals surface area (Å²) in [6.45, 7) is 1.93. The molecule has 0 aliphatic carbocycles. The van der Waals surface area contributed by atoms with Gasteiger partial charge in [-0.15, -0.1) is 0 Å². The lowest BCUT2D eigenvalue weighted by molar-refractivity contribution is 0.0981. The molecule has 3 aromatic rings. The van der Waals surface area contributed by atoms with Crippen molar-refractivity contribution in [1.29, 1.82) is 0 Å². The number of carbonyl (C=O) groups is 1. The quantitative estimate of drug-likeness (QED) is 0.700. The molecule has 1 amide bonds. The molecule has 0 aromatic heterocycles. The highest BCUT2D eigenvalue weighted by atomic mass is 32.2. The first kappa shape index (κ1) is 19.1. The summed E-state index contributed by atoms with van der Waals surface area (Å²) in [5.41, 5.74) is 2.22. The van der Waals surface area contributed by atoms with Gasteiger partial charge in [0.25, 0.3) is 15.9 Å². The van der Waals surface area contributed by atoms with E-state index in [0.29, 0.717) is 17.7 Å². The van der Waals surface area contributed by atoms with Crippen LogP contribution in [0, 0.1) is 5.82 Å². The Morgan fingerprint density at radius 1 is 1.03 bits per heavy atom. The van der Waals surface area contributed by atoms with Crippen molar-refractivity contribution in [2.45, 2.75) is 24.3 Å². The van der Waals surface area contributed by atoms with E-state index in [0.717, 1.165) is 11.6 Å². The van der Waals surface area contributed by atoms with Gasteiger partial charge in [-0.3, -0.25) is 9.52 Å². The summed E-state index contributed by atoms with van der Waals surface area (Å²) in [6.07, 6.45) is 0.553. The Hall–Kier alpha value is -3.19. The van der Waals surface area contributed by atoms with Crippen molar-refractivity contribution in [2.24, 2.45) is 0 Å². The Kier molecular flexibility index (Phi) is 4.84. The lowest BCUT2D eigenvalue weighted by atomic mass is 10.1. The molecule has 1 N–H and O–H groups in total. The van der Waals surface area contributed by atoms with Crippen LogP contribution in [0.5, 0.6) is 0 Å². The standard InChI is InChI=1S/C22H19FN2O3S/c1-15-12-17-13-20(29(27,28)24-19-9-5-8-18(23)14-19)10-11-21(17)25(15)22(26)16-6-3-2-4-7-16/h2-11,13-15,24H,12H2,1H3/t15-/m1/s1. The third-order valence-electron chi connectivity index (χ3n) is 4.89. The monoisotopic (exact) mass is 410 g/mol. The number of hydrogen-bond acceptors (Lipinski definition) is 3. The second-order valence-corrected chi connectivity index (χ2v) is 8.68. The molecule has 1 aliphatic heterocycles. The molecule has 148 valence electrons. The van der Waals surface area contributed by atoms with E-state index >= 15 is 0 Å². The van der Waals surface area contributed by atoms with Crippen LogP contribution in [-0.4, -0.2) is 20.4 Å². The highest BCUT2D eigenvalue weighted by Gasteiger charge is 2.32. The van der Waals surface area contributed by atoms with Crippen LogP contribution in [0.2, 0.25) is 0 Å². The van der Waals surface area contributed by atoms with Crippen molar-refractivity contribution in [3.63, 3.8) is 0 Å². The molecule has 1 atom stereocenters. The number of halogens is 1. The molecule has 1 heterocycles. The second-order valence-electron chi connectivity index (χ2n) is 7.00. The minimum Gasteiger partial charge on any atom is -0.305 e. The molecular formula is C22H19FN2O3S. The van der Waals surface area contributed by atoms with Crippen LogP contribution in [0.25, 0.3) is 0 Å². The Morgan fingerprint density at radius 2 is 1.79 bits per heavy atom. The predicted molar refractivity (Wildman–Crippen MR) is 110 cm³/mol. The number of benzene rings is 3. The molecule has 29 heavy (non-hydrogen) atoms. The molecule has 0 bridgehead atoms. The van der Waals surface area contributed by atoms with Crippen LogP contribution in [0.4, 0.5) is 15.8 Å². The fraction of sp³-hybridized carbons (Fsp3) is 0.136. The van der Waals surface area contributed by atoms with Gasteiger partial charge in [0.15, 0.2) is 0 Å². The zero-order chi connectivity index (χ0) is 20.6. The smallest absolute Gasteiger partial charge is 0.261 e. The van der Waals surface area contributed by atoms with Crippen LogP contribution in [0.1, 0.15) is 22.8 Å². The van der Waals surface area contributed by atoms with Gasteiger partial charge in [-0.05, 0) is 67.4 Å². The lowest BCUT2D eigenvalue weighted by Crippen LogP contribution is -2.35. The van der Waals surface area contributed by atoms with E-state index < -0.39 is 15.8 Å². The number of nitrogens with zero attached hydrogens (tertiary/aromatic N) is 1. The van der Waals surface area contributed by atoms with Gasteiger partial charge in [-0.25, -0.2) is 12.8 Å². The first-order valence-corrected chi connectivity index (χ1v) is 10.6. The summed E-state index contributed by atoms with van der Waals surface area (Å²) >= 11 is 0. The van der Waals surface area contributed by atoms with E-state index in [1.807, 2.05) is 25.1 Å². The van der Waals surface area contributed by atoms with Gasteiger partial charge in [-0.1, -0.05) is 24.3 Å². The number of anilines is 2. The first-order chi connectivity index (χ1) is 13.8. The molecule has 0 saturated carbocycles. The van der Waals surface area contributed by atoms with E-state index in [4.69, 9.17) is 0 Å². The van der Waals surface area contributed by atoms with Crippen LogP contribution in [0.3, 0.4) is 0 Å². The summed E-state index contributed by atoms with van der Waals surface area (Å²) < 4.78 is 41.2. The van der Waals surface area contributed by atoms with Crippen molar-refractivity contribution in [3.05, 3.63) is 89.7 Å². The van der Waals surface area contributed by atoms with Crippen LogP contribution < -0.4 is 9.62 Å². The fourth-order valence-corrected chi connectivity index (χ4v) is 4.67. The Balaban J connectivity index is 1.64. The third-order valence-corrected chi connectivity index (χ3v) is 6.27. The highest BCUT2D eigenvalue weighted by molar-refractivity contribution is 7.92. The van der Waals surface area contributed by atoms with Crippen LogP contribution >= 0.6 is 0 Å². The summed E-state index contributed by atoms with van der Waals surface area (Å²) in [5.74, 6) is -0.645. The average molecular weight is 410 g/mol. The molecule has 0 unspecified atom stereocenters.